The van der Waals surface area contributed by atoms with E-state index in [1.807, 2.05) is 31.2 Å². The number of cyclic esters (lactones) is 1. The summed E-state index contributed by atoms with van der Waals surface area (Å²) in [6.45, 7) is 2.74. The zero-order valence-corrected chi connectivity index (χ0v) is 10.8. The van der Waals surface area contributed by atoms with E-state index < -0.39 is 5.97 Å². The fourth-order valence-corrected chi connectivity index (χ4v) is 2.22. The lowest BCUT2D eigenvalue weighted by Crippen LogP contribution is -2.43. The predicted octanol–water partition coefficient (Wildman–Crippen LogP) is 2.43. The summed E-state index contributed by atoms with van der Waals surface area (Å²) in [5.41, 5.74) is 1.82. The number of hydrogen-bond acceptors (Lipinski definition) is 3. The van der Waals surface area contributed by atoms with E-state index in [9.17, 15) is 9.59 Å². The quantitative estimate of drug-likeness (QED) is 0.906. The molecular formula is C14H17NO4. The summed E-state index contributed by atoms with van der Waals surface area (Å²) in [7, 11) is 0. The molecule has 1 N–H and O–H groups in total. The number of carboxylic acid groups (broad SMARTS) is 1. The molecule has 1 heterocycles. The highest BCUT2D eigenvalue weighted by molar-refractivity contribution is 5.89. The molecule has 0 aromatic heterocycles. The highest BCUT2D eigenvalue weighted by Gasteiger charge is 2.29. The molecule has 5 nitrogen and oxygen atoms in total. The Labute approximate surface area is 111 Å². The molecular weight excluding hydrogens is 246 g/mol. The van der Waals surface area contributed by atoms with Gasteiger partial charge in [-0.1, -0.05) is 18.2 Å². The van der Waals surface area contributed by atoms with Crippen molar-refractivity contribution in [1.29, 1.82) is 0 Å². The highest BCUT2D eigenvalue weighted by Crippen LogP contribution is 2.25. The van der Waals surface area contributed by atoms with Crippen LogP contribution in [0.3, 0.4) is 0 Å². The van der Waals surface area contributed by atoms with Crippen LogP contribution in [-0.2, 0) is 9.53 Å². The number of carbonyl (C=O) groups excluding carboxylic acids is 1. The van der Waals surface area contributed by atoms with Crippen molar-refractivity contribution in [2.75, 3.05) is 18.1 Å². The first-order valence-corrected chi connectivity index (χ1v) is 6.29. The second-order valence-electron chi connectivity index (χ2n) is 4.77. The van der Waals surface area contributed by atoms with Crippen molar-refractivity contribution in [3.63, 3.8) is 0 Å². The smallest absolute Gasteiger partial charge is 0.414 e. The summed E-state index contributed by atoms with van der Waals surface area (Å²) in [6, 6.07) is 7.59. The number of aliphatic carboxylic acids is 1. The maximum atomic E-state index is 11.8. The second-order valence-corrected chi connectivity index (χ2v) is 4.77. The molecule has 5 heteroatoms. The Morgan fingerprint density at radius 2 is 2.21 bits per heavy atom. The Balaban J connectivity index is 2.09. The Bertz CT molecular complexity index is 486. The molecule has 102 valence electrons. The highest BCUT2D eigenvalue weighted by atomic mass is 16.6. The minimum atomic E-state index is -0.820. The van der Waals surface area contributed by atoms with Crippen LogP contribution in [0.15, 0.2) is 24.3 Å². The molecule has 0 saturated carbocycles. The third-order valence-electron chi connectivity index (χ3n) is 3.28. The van der Waals surface area contributed by atoms with Crippen molar-refractivity contribution >= 4 is 17.7 Å². The minimum Gasteiger partial charge on any atom is -0.481 e. The van der Waals surface area contributed by atoms with Gasteiger partial charge in [0.15, 0.2) is 0 Å². The molecule has 0 spiro atoms. The molecule has 1 unspecified atom stereocenters. The third kappa shape index (κ3) is 3.24. The van der Waals surface area contributed by atoms with Crippen LogP contribution in [0.1, 0.15) is 18.4 Å². The van der Waals surface area contributed by atoms with E-state index in [2.05, 4.69) is 0 Å². The number of anilines is 1. The fraction of sp³-hybridized carbons (Fsp3) is 0.429. The number of amides is 1. The van der Waals surface area contributed by atoms with Gasteiger partial charge in [-0.25, -0.2) is 4.79 Å². The van der Waals surface area contributed by atoms with Crippen LogP contribution in [0.5, 0.6) is 0 Å². The average Bonchev–Trinajstić information content (AvgIpc) is 2.38. The van der Waals surface area contributed by atoms with Gasteiger partial charge in [-0.05, 0) is 25.0 Å². The van der Waals surface area contributed by atoms with Crippen molar-refractivity contribution in [1.82, 2.24) is 0 Å². The van der Waals surface area contributed by atoms with Crippen molar-refractivity contribution in [2.24, 2.45) is 5.92 Å². The standard InChI is InChI=1S/C14H17NO4/c1-10-4-2-3-5-12(10)15-8-11(6-7-13(16)17)9-19-14(15)18/h2-5,11H,6-9H2,1H3,(H,16,17). The number of ether oxygens (including phenoxy) is 1. The number of aryl methyl sites for hydroxylation is 1. The lowest BCUT2D eigenvalue weighted by molar-refractivity contribution is -0.137. The van der Waals surface area contributed by atoms with Crippen LogP contribution >= 0.6 is 0 Å². The van der Waals surface area contributed by atoms with Gasteiger partial charge in [0, 0.05) is 24.6 Å². The zero-order chi connectivity index (χ0) is 13.8. The van der Waals surface area contributed by atoms with Gasteiger partial charge >= 0.3 is 12.1 Å². The first-order chi connectivity index (χ1) is 9.08. The first-order valence-electron chi connectivity index (χ1n) is 6.29. The number of rotatable bonds is 4. The molecule has 0 radical (unpaired) electrons. The molecule has 1 aliphatic heterocycles. The van der Waals surface area contributed by atoms with Crippen molar-refractivity contribution in [3.8, 4) is 0 Å². The summed E-state index contributed by atoms with van der Waals surface area (Å²) in [6.07, 6.45) is 0.260. The van der Waals surface area contributed by atoms with E-state index in [0.29, 0.717) is 19.6 Å². The lowest BCUT2D eigenvalue weighted by atomic mass is 10.0. The van der Waals surface area contributed by atoms with Crippen LogP contribution in [-0.4, -0.2) is 30.3 Å². The predicted molar refractivity (Wildman–Crippen MR) is 70.2 cm³/mol. The summed E-state index contributed by atoms with van der Waals surface area (Å²) < 4.78 is 5.14. The molecule has 1 fully saturated rings. The van der Waals surface area contributed by atoms with E-state index >= 15 is 0 Å². The number of benzene rings is 1. The van der Waals surface area contributed by atoms with Crippen LogP contribution in [0.25, 0.3) is 0 Å². The topological polar surface area (TPSA) is 66.8 Å². The average molecular weight is 263 g/mol. The molecule has 1 saturated heterocycles. The van der Waals surface area contributed by atoms with Crippen molar-refractivity contribution in [3.05, 3.63) is 29.8 Å². The summed E-state index contributed by atoms with van der Waals surface area (Å²) in [4.78, 5) is 24.0. The monoisotopic (exact) mass is 263 g/mol. The SMILES string of the molecule is Cc1ccccc1N1CC(CCC(=O)O)COC1=O. The number of carbonyl (C=O) groups is 2. The second kappa shape index (κ2) is 5.73. The molecule has 1 aliphatic rings. The molecule has 0 bridgehead atoms. The van der Waals surface area contributed by atoms with Gasteiger partial charge in [-0.3, -0.25) is 9.69 Å². The number of para-hydroxylation sites is 1. The largest absolute Gasteiger partial charge is 0.481 e. The minimum absolute atomic E-state index is 0.0633. The van der Waals surface area contributed by atoms with Gasteiger partial charge in [0.05, 0.1) is 6.61 Å². The van der Waals surface area contributed by atoms with Crippen molar-refractivity contribution in [2.45, 2.75) is 19.8 Å². The van der Waals surface area contributed by atoms with Gasteiger partial charge in [0.25, 0.3) is 0 Å². The first kappa shape index (κ1) is 13.4. The Kier molecular flexibility index (Phi) is 4.04. The van der Waals surface area contributed by atoms with E-state index in [1.54, 1.807) is 4.90 Å². The number of nitrogens with zero attached hydrogens (tertiary/aromatic N) is 1. The van der Waals surface area contributed by atoms with Gasteiger partial charge in [0.1, 0.15) is 0 Å². The Morgan fingerprint density at radius 1 is 1.47 bits per heavy atom. The third-order valence-corrected chi connectivity index (χ3v) is 3.28. The molecule has 1 aromatic rings. The van der Waals surface area contributed by atoms with E-state index in [0.717, 1.165) is 11.3 Å². The van der Waals surface area contributed by atoms with Crippen molar-refractivity contribution < 1.29 is 19.4 Å². The summed E-state index contributed by atoms with van der Waals surface area (Å²) in [5.74, 6) is -0.757. The fourth-order valence-electron chi connectivity index (χ4n) is 2.22. The molecule has 19 heavy (non-hydrogen) atoms. The van der Waals surface area contributed by atoms with Crippen LogP contribution in [0, 0.1) is 12.8 Å². The van der Waals surface area contributed by atoms with Gasteiger partial charge in [0.2, 0.25) is 0 Å². The zero-order valence-electron chi connectivity index (χ0n) is 10.8. The summed E-state index contributed by atoms with van der Waals surface area (Å²) >= 11 is 0. The molecule has 2 rings (SSSR count). The van der Waals surface area contributed by atoms with Crippen LogP contribution in [0.4, 0.5) is 10.5 Å². The lowest BCUT2D eigenvalue weighted by Gasteiger charge is -2.32. The van der Waals surface area contributed by atoms with Gasteiger partial charge in [-0.2, -0.15) is 0 Å². The molecule has 1 amide bonds. The Hall–Kier alpha value is -2.04. The molecule has 1 atom stereocenters. The van der Waals surface area contributed by atoms with Gasteiger partial charge < -0.3 is 9.84 Å². The van der Waals surface area contributed by atoms with Crippen LogP contribution < -0.4 is 4.90 Å². The van der Waals surface area contributed by atoms with E-state index in [1.165, 1.54) is 0 Å². The molecule has 1 aromatic carbocycles. The normalized spacial score (nSPS) is 19.1. The van der Waals surface area contributed by atoms with E-state index in [4.69, 9.17) is 9.84 Å². The number of carboxylic acids is 1. The molecule has 0 aliphatic carbocycles. The maximum Gasteiger partial charge on any atom is 0.414 e. The maximum absolute atomic E-state index is 11.8. The Morgan fingerprint density at radius 3 is 2.89 bits per heavy atom. The van der Waals surface area contributed by atoms with E-state index in [-0.39, 0.29) is 18.4 Å². The summed E-state index contributed by atoms with van der Waals surface area (Å²) in [5, 5.41) is 8.70. The van der Waals surface area contributed by atoms with Crippen LogP contribution in [0.2, 0.25) is 0 Å². The van der Waals surface area contributed by atoms with Gasteiger partial charge in [-0.15, -0.1) is 0 Å². The number of hydrogen-bond donors (Lipinski definition) is 1.